The van der Waals surface area contributed by atoms with Crippen LogP contribution in [0.2, 0.25) is 0 Å². The minimum atomic E-state index is -0.553. The number of nitrogens with zero attached hydrogens (tertiary/aromatic N) is 2. The largest absolute Gasteiger partial charge is 0.333 e. The summed E-state index contributed by atoms with van der Waals surface area (Å²) in [4.78, 5) is 28.0. The normalized spacial score (nSPS) is 23.1. The predicted molar refractivity (Wildman–Crippen MR) is 86.5 cm³/mol. The van der Waals surface area contributed by atoms with Crippen LogP contribution >= 0.6 is 11.8 Å². The van der Waals surface area contributed by atoms with E-state index in [1.807, 2.05) is 0 Å². The van der Waals surface area contributed by atoms with Crippen LogP contribution in [0.15, 0.2) is 48.5 Å². The van der Waals surface area contributed by atoms with E-state index in [1.54, 1.807) is 12.1 Å². The smallest absolute Gasteiger partial charge is 0.295 e. The summed E-state index contributed by atoms with van der Waals surface area (Å²) >= 11 is 1.48. The first-order valence-corrected chi connectivity index (χ1v) is 8.40. The van der Waals surface area contributed by atoms with Crippen molar-refractivity contribution in [1.82, 2.24) is 4.90 Å². The lowest BCUT2D eigenvalue weighted by Gasteiger charge is -2.23. The standard InChI is InChI=1S/C17H12F2N2O2S/c18-11-3-1-10(2-4-11)16-21-14(9-24-16)15(22)20(17(21)23)13-7-5-12(19)6-8-13/h1-8,14,16H,9H2/t14-,16+/m0/s1. The van der Waals surface area contributed by atoms with Gasteiger partial charge in [-0.15, -0.1) is 11.8 Å². The van der Waals surface area contributed by atoms with Gasteiger partial charge < -0.3 is 0 Å². The van der Waals surface area contributed by atoms with Crippen molar-refractivity contribution in [2.75, 3.05) is 10.7 Å². The first-order chi connectivity index (χ1) is 11.6. The third-order valence-corrected chi connectivity index (χ3v) is 5.48. The predicted octanol–water partition coefficient (Wildman–Crippen LogP) is 3.55. The second-order valence-electron chi connectivity index (χ2n) is 5.59. The van der Waals surface area contributed by atoms with Gasteiger partial charge in [0.25, 0.3) is 5.91 Å². The fraction of sp³-hybridized carbons (Fsp3) is 0.176. The molecule has 0 aliphatic carbocycles. The van der Waals surface area contributed by atoms with Crippen LogP contribution in [0.25, 0.3) is 0 Å². The monoisotopic (exact) mass is 346 g/mol. The minimum Gasteiger partial charge on any atom is -0.295 e. The number of fused-ring (bicyclic) bond motifs is 1. The molecular weight excluding hydrogens is 334 g/mol. The summed E-state index contributed by atoms with van der Waals surface area (Å²) in [6, 6.07) is 10.2. The Kier molecular flexibility index (Phi) is 3.53. The number of hydrogen-bond donors (Lipinski definition) is 0. The highest BCUT2D eigenvalue weighted by Crippen LogP contribution is 2.45. The molecule has 2 aromatic rings. The quantitative estimate of drug-likeness (QED) is 0.781. The van der Waals surface area contributed by atoms with Gasteiger partial charge in [0.1, 0.15) is 23.1 Å². The van der Waals surface area contributed by atoms with E-state index in [1.165, 1.54) is 53.1 Å². The Hall–Kier alpha value is -2.41. The molecular formula is C17H12F2N2O2S. The summed E-state index contributed by atoms with van der Waals surface area (Å²) < 4.78 is 26.2. The third kappa shape index (κ3) is 2.27. The first-order valence-electron chi connectivity index (χ1n) is 7.35. The summed E-state index contributed by atoms with van der Waals surface area (Å²) in [6.07, 6.45) is 0. The lowest BCUT2D eigenvalue weighted by atomic mass is 10.2. The summed E-state index contributed by atoms with van der Waals surface area (Å²) in [5.41, 5.74) is 1.12. The average molecular weight is 346 g/mol. The Morgan fingerprint density at radius 2 is 1.50 bits per heavy atom. The molecule has 0 radical (unpaired) electrons. The molecule has 2 atom stereocenters. The summed E-state index contributed by atoms with van der Waals surface area (Å²) in [7, 11) is 0. The van der Waals surface area contributed by atoms with Crippen LogP contribution in [0, 0.1) is 11.6 Å². The number of amides is 3. The molecule has 0 spiro atoms. The van der Waals surface area contributed by atoms with Crippen LogP contribution < -0.4 is 4.90 Å². The molecule has 4 nitrogen and oxygen atoms in total. The van der Waals surface area contributed by atoms with Gasteiger partial charge in [0, 0.05) is 5.75 Å². The Balaban J connectivity index is 1.67. The maximum absolute atomic E-state index is 13.1. The van der Waals surface area contributed by atoms with Crippen molar-refractivity contribution in [3.05, 3.63) is 65.7 Å². The summed E-state index contributed by atoms with van der Waals surface area (Å²) in [6.45, 7) is 0. The van der Waals surface area contributed by atoms with Crippen LogP contribution in [0.5, 0.6) is 0 Å². The summed E-state index contributed by atoms with van der Waals surface area (Å²) in [5.74, 6) is -0.624. The van der Waals surface area contributed by atoms with E-state index in [2.05, 4.69) is 0 Å². The van der Waals surface area contributed by atoms with Gasteiger partial charge in [-0.1, -0.05) is 12.1 Å². The highest BCUT2D eigenvalue weighted by atomic mass is 32.2. The molecule has 2 aliphatic rings. The highest BCUT2D eigenvalue weighted by Gasteiger charge is 2.53. The molecule has 2 aliphatic heterocycles. The van der Waals surface area contributed by atoms with E-state index < -0.39 is 17.9 Å². The van der Waals surface area contributed by atoms with E-state index in [9.17, 15) is 18.4 Å². The van der Waals surface area contributed by atoms with Crippen molar-refractivity contribution in [3.63, 3.8) is 0 Å². The molecule has 4 rings (SSSR count). The molecule has 0 N–H and O–H groups in total. The lowest BCUT2D eigenvalue weighted by Crippen LogP contribution is -2.33. The Morgan fingerprint density at radius 1 is 0.917 bits per heavy atom. The van der Waals surface area contributed by atoms with Crippen molar-refractivity contribution < 1.29 is 18.4 Å². The zero-order valence-electron chi connectivity index (χ0n) is 12.4. The number of hydrogen-bond acceptors (Lipinski definition) is 3. The van der Waals surface area contributed by atoms with Crippen LogP contribution in [0.4, 0.5) is 19.3 Å². The third-order valence-electron chi connectivity index (χ3n) is 4.16. The minimum absolute atomic E-state index is 0.316. The molecule has 0 bridgehead atoms. The van der Waals surface area contributed by atoms with E-state index in [-0.39, 0.29) is 17.1 Å². The van der Waals surface area contributed by atoms with Crippen molar-refractivity contribution in [3.8, 4) is 0 Å². The first kappa shape index (κ1) is 15.1. The van der Waals surface area contributed by atoms with E-state index in [4.69, 9.17) is 0 Å². The molecule has 122 valence electrons. The van der Waals surface area contributed by atoms with Gasteiger partial charge in [-0.25, -0.2) is 18.5 Å². The van der Waals surface area contributed by atoms with Crippen molar-refractivity contribution in [1.29, 1.82) is 0 Å². The second-order valence-corrected chi connectivity index (χ2v) is 6.71. The van der Waals surface area contributed by atoms with E-state index >= 15 is 0 Å². The number of halogens is 2. The Labute approximate surface area is 141 Å². The van der Waals surface area contributed by atoms with E-state index in [0.717, 1.165) is 10.5 Å². The van der Waals surface area contributed by atoms with Gasteiger partial charge in [-0.2, -0.15) is 0 Å². The molecule has 2 fully saturated rings. The number of imide groups is 1. The molecule has 2 heterocycles. The molecule has 0 unspecified atom stereocenters. The average Bonchev–Trinajstić information content (AvgIpc) is 3.11. The van der Waals surface area contributed by atoms with Gasteiger partial charge in [-0.3, -0.25) is 9.69 Å². The molecule has 24 heavy (non-hydrogen) atoms. The number of carbonyl (C=O) groups excluding carboxylic acids is 2. The highest BCUT2D eigenvalue weighted by molar-refractivity contribution is 7.99. The number of benzene rings is 2. The van der Waals surface area contributed by atoms with Gasteiger partial charge in [0.2, 0.25) is 0 Å². The SMILES string of the molecule is O=C1[C@@H]2CS[C@H](c3ccc(F)cc3)N2C(=O)N1c1ccc(F)cc1. The topological polar surface area (TPSA) is 40.6 Å². The number of thioether (sulfide) groups is 1. The van der Waals surface area contributed by atoms with Gasteiger partial charge in [-0.05, 0) is 42.0 Å². The van der Waals surface area contributed by atoms with Crippen LogP contribution in [0.3, 0.4) is 0 Å². The zero-order valence-corrected chi connectivity index (χ0v) is 13.2. The summed E-state index contributed by atoms with van der Waals surface area (Å²) in [5, 5.41) is -0.336. The maximum atomic E-state index is 13.1. The zero-order chi connectivity index (χ0) is 16.8. The van der Waals surface area contributed by atoms with Gasteiger partial charge in [0.05, 0.1) is 5.69 Å². The Morgan fingerprint density at radius 3 is 2.12 bits per heavy atom. The van der Waals surface area contributed by atoms with Crippen LogP contribution in [-0.4, -0.2) is 28.6 Å². The van der Waals surface area contributed by atoms with Crippen molar-refractivity contribution >= 4 is 29.4 Å². The van der Waals surface area contributed by atoms with Gasteiger partial charge in [0.15, 0.2) is 0 Å². The lowest BCUT2D eigenvalue weighted by molar-refractivity contribution is -0.119. The van der Waals surface area contributed by atoms with Gasteiger partial charge >= 0.3 is 6.03 Å². The number of carbonyl (C=O) groups is 2. The molecule has 0 saturated carbocycles. The van der Waals surface area contributed by atoms with E-state index in [0.29, 0.717) is 11.4 Å². The fourth-order valence-electron chi connectivity index (χ4n) is 3.00. The van der Waals surface area contributed by atoms with Crippen LogP contribution in [0.1, 0.15) is 10.9 Å². The Bertz CT molecular complexity index is 810. The fourth-order valence-corrected chi connectivity index (χ4v) is 4.42. The van der Waals surface area contributed by atoms with Crippen molar-refractivity contribution in [2.24, 2.45) is 0 Å². The number of anilines is 1. The molecule has 3 amide bonds. The van der Waals surface area contributed by atoms with Crippen LogP contribution in [-0.2, 0) is 4.79 Å². The number of urea groups is 1. The molecule has 0 aromatic heterocycles. The number of rotatable bonds is 2. The maximum Gasteiger partial charge on any atom is 0.333 e. The molecule has 7 heteroatoms. The molecule has 2 aromatic carbocycles. The van der Waals surface area contributed by atoms with Crippen molar-refractivity contribution in [2.45, 2.75) is 11.4 Å². The molecule has 2 saturated heterocycles. The second kappa shape index (κ2) is 5.59.